The molecule has 0 aromatic carbocycles. The molecule has 3 heterocycles. The second kappa shape index (κ2) is 5.69. The zero-order valence-electron chi connectivity index (χ0n) is 11.1. The Balaban J connectivity index is 1.56. The summed E-state index contributed by atoms with van der Waals surface area (Å²) in [5, 5.41) is 4.18. The smallest absolute Gasteiger partial charge is 0.225 e. The van der Waals surface area contributed by atoms with Crippen LogP contribution >= 0.6 is 0 Å². The van der Waals surface area contributed by atoms with Gasteiger partial charge in [0, 0.05) is 19.7 Å². The third kappa shape index (κ3) is 2.94. The van der Waals surface area contributed by atoms with Crippen LogP contribution in [0.1, 0.15) is 38.1 Å². The van der Waals surface area contributed by atoms with Gasteiger partial charge in [-0.3, -0.25) is 4.79 Å². The van der Waals surface area contributed by atoms with Crippen LogP contribution in [-0.2, 0) is 9.53 Å². The van der Waals surface area contributed by atoms with Crippen molar-refractivity contribution in [3.8, 4) is 0 Å². The Kier molecular flexibility index (Phi) is 3.77. The predicted octanol–water partition coefficient (Wildman–Crippen LogP) is 1.01. The Morgan fingerprint density at radius 1 is 1.37 bits per heavy atom. The molecule has 6 heteroatoms. The molecule has 104 valence electrons. The van der Waals surface area contributed by atoms with E-state index in [1.54, 1.807) is 12.7 Å². The minimum atomic E-state index is 0.138. The summed E-state index contributed by atoms with van der Waals surface area (Å²) in [6, 6.07) is 0.268. The van der Waals surface area contributed by atoms with Crippen molar-refractivity contribution in [2.24, 2.45) is 0 Å². The second-order valence-electron chi connectivity index (χ2n) is 5.35. The van der Waals surface area contributed by atoms with Crippen molar-refractivity contribution in [2.75, 3.05) is 19.7 Å². The zero-order chi connectivity index (χ0) is 13.1. The van der Waals surface area contributed by atoms with Crippen molar-refractivity contribution in [3.63, 3.8) is 0 Å². The Hall–Kier alpha value is -1.43. The van der Waals surface area contributed by atoms with Crippen LogP contribution < -0.4 is 0 Å². The molecular weight excluding hydrogens is 244 g/mol. The van der Waals surface area contributed by atoms with Crippen LogP contribution in [0.15, 0.2) is 12.7 Å². The second-order valence-corrected chi connectivity index (χ2v) is 5.35. The number of nitrogens with zero attached hydrogens (tertiary/aromatic N) is 4. The summed E-state index contributed by atoms with van der Waals surface area (Å²) >= 11 is 0. The fraction of sp³-hybridized carbons (Fsp3) is 0.769. The molecule has 19 heavy (non-hydrogen) atoms. The molecule has 2 aliphatic rings. The maximum atomic E-state index is 12.3. The lowest BCUT2D eigenvalue weighted by Gasteiger charge is -2.33. The standard InChI is InChI=1S/C13H20N4O2/c18-13(7-12-4-2-6-19-12)16-5-1-3-11(8-16)17-10-14-9-15-17/h9-12H,1-8H2/t11-,12+/m1/s1. The SMILES string of the molecule is O=C(C[C@@H]1CCCO1)N1CCC[C@@H](n2cncn2)C1. The summed E-state index contributed by atoms with van der Waals surface area (Å²) in [7, 11) is 0. The first-order chi connectivity index (χ1) is 9.33. The van der Waals surface area contributed by atoms with Crippen LogP contribution in [0, 0.1) is 0 Å². The monoisotopic (exact) mass is 264 g/mol. The third-order valence-electron chi connectivity index (χ3n) is 3.99. The molecule has 0 aliphatic carbocycles. The number of hydrogen-bond acceptors (Lipinski definition) is 4. The number of likely N-dealkylation sites (tertiary alicyclic amines) is 1. The van der Waals surface area contributed by atoms with Crippen molar-refractivity contribution in [1.29, 1.82) is 0 Å². The number of ether oxygens (including phenoxy) is 1. The molecule has 0 spiro atoms. The average molecular weight is 264 g/mol. The fourth-order valence-electron chi connectivity index (χ4n) is 2.93. The summed E-state index contributed by atoms with van der Waals surface area (Å²) in [5.41, 5.74) is 0. The van der Waals surface area contributed by atoms with E-state index in [-0.39, 0.29) is 18.1 Å². The van der Waals surface area contributed by atoms with Crippen LogP contribution in [-0.4, -0.2) is 51.4 Å². The van der Waals surface area contributed by atoms with Gasteiger partial charge in [-0.15, -0.1) is 0 Å². The molecule has 2 aliphatic heterocycles. The van der Waals surface area contributed by atoms with E-state index in [1.165, 1.54) is 0 Å². The van der Waals surface area contributed by atoms with Gasteiger partial charge in [0.15, 0.2) is 0 Å². The van der Waals surface area contributed by atoms with Crippen LogP contribution in [0.5, 0.6) is 0 Å². The number of amides is 1. The highest BCUT2D eigenvalue weighted by Crippen LogP contribution is 2.22. The van der Waals surface area contributed by atoms with Gasteiger partial charge in [-0.25, -0.2) is 9.67 Å². The molecular formula is C13H20N4O2. The van der Waals surface area contributed by atoms with Gasteiger partial charge in [-0.2, -0.15) is 5.10 Å². The highest BCUT2D eigenvalue weighted by Gasteiger charge is 2.27. The largest absolute Gasteiger partial charge is 0.378 e. The fourth-order valence-corrected chi connectivity index (χ4v) is 2.93. The Labute approximate surface area is 112 Å². The molecule has 2 saturated heterocycles. The molecule has 1 aromatic rings. The van der Waals surface area contributed by atoms with Crippen LogP contribution in [0.25, 0.3) is 0 Å². The number of piperidine rings is 1. The first kappa shape index (κ1) is 12.6. The van der Waals surface area contributed by atoms with Gasteiger partial charge in [0.25, 0.3) is 0 Å². The van der Waals surface area contributed by atoms with E-state index < -0.39 is 0 Å². The van der Waals surface area contributed by atoms with Crippen LogP contribution in [0.3, 0.4) is 0 Å². The summed E-state index contributed by atoms with van der Waals surface area (Å²) in [6.45, 7) is 2.41. The highest BCUT2D eigenvalue weighted by atomic mass is 16.5. The van der Waals surface area contributed by atoms with Crippen molar-refractivity contribution >= 4 is 5.91 Å². The van der Waals surface area contributed by atoms with E-state index >= 15 is 0 Å². The summed E-state index contributed by atoms with van der Waals surface area (Å²) in [4.78, 5) is 18.2. The van der Waals surface area contributed by atoms with E-state index in [1.807, 2.05) is 9.58 Å². The van der Waals surface area contributed by atoms with Crippen LogP contribution in [0.2, 0.25) is 0 Å². The number of carbonyl (C=O) groups excluding carboxylic acids is 1. The molecule has 6 nitrogen and oxygen atoms in total. The number of rotatable bonds is 3. The maximum Gasteiger partial charge on any atom is 0.225 e. The first-order valence-electron chi connectivity index (χ1n) is 7.06. The van der Waals surface area contributed by atoms with Gasteiger partial charge in [-0.05, 0) is 25.7 Å². The van der Waals surface area contributed by atoms with Gasteiger partial charge >= 0.3 is 0 Å². The maximum absolute atomic E-state index is 12.3. The molecule has 3 rings (SSSR count). The molecule has 0 saturated carbocycles. The molecule has 0 bridgehead atoms. The number of hydrogen-bond donors (Lipinski definition) is 0. The summed E-state index contributed by atoms with van der Waals surface area (Å²) in [6.07, 6.45) is 8.15. The molecule has 0 N–H and O–H groups in total. The number of aromatic nitrogens is 3. The zero-order valence-corrected chi connectivity index (χ0v) is 11.1. The van der Waals surface area contributed by atoms with Crippen molar-refractivity contribution in [2.45, 2.75) is 44.2 Å². The van der Waals surface area contributed by atoms with Crippen molar-refractivity contribution in [3.05, 3.63) is 12.7 Å². The van der Waals surface area contributed by atoms with E-state index in [2.05, 4.69) is 10.1 Å². The molecule has 2 atom stereocenters. The Morgan fingerprint density at radius 2 is 2.32 bits per heavy atom. The van der Waals surface area contributed by atoms with Crippen molar-refractivity contribution in [1.82, 2.24) is 19.7 Å². The summed E-state index contributed by atoms with van der Waals surface area (Å²) < 4.78 is 7.41. The predicted molar refractivity (Wildman–Crippen MR) is 68.5 cm³/mol. The lowest BCUT2D eigenvalue weighted by molar-refractivity contribution is -0.135. The summed E-state index contributed by atoms with van der Waals surface area (Å²) in [5.74, 6) is 0.219. The lowest BCUT2D eigenvalue weighted by atomic mass is 10.0. The normalized spacial score (nSPS) is 27.7. The molecule has 0 unspecified atom stereocenters. The van der Waals surface area contributed by atoms with Gasteiger partial charge in [0.2, 0.25) is 5.91 Å². The van der Waals surface area contributed by atoms with Gasteiger partial charge in [0.05, 0.1) is 18.6 Å². The molecule has 1 aromatic heterocycles. The van der Waals surface area contributed by atoms with Gasteiger partial charge < -0.3 is 9.64 Å². The number of carbonyl (C=O) groups is 1. The van der Waals surface area contributed by atoms with E-state index in [4.69, 9.17) is 4.74 Å². The van der Waals surface area contributed by atoms with Gasteiger partial charge in [0.1, 0.15) is 12.7 Å². The minimum Gasteiger partial charge on any atom is -0.378 e. The highest BCUT2D eigenvalue weighted by molar-refractivity contribution is 5.76. The minimum absolute atomic E-state index is 0.138. The van der Waals surface area contributed by atoms with Crippen LogP contribution in [0.4, 0.5) is 0 Å². The first-order valence-corrected chi connectivity index (χ1v) is 7.06. The van der Waals surface area contributed by atoms with E-state index in [0.717, 1.165) is 45.4 Å². The Morgan fingerprint density at radius 3 is 3.05 bits per heavy atom. The molecule has 2 fully saturated rings. The molecule has 0 radical (unpaired) electrons. The lowest BCUT2D eigenvalue weighted by Crippen LogP contribution is -2.41. The van der Waals surface area contributed by atoms with E-state index in [9.17, 15) is 4.79 Å². The average Bonchev–Trinajstić information content (AvgIpc) is 3.12. The van der Waals surface area contributed by atoms with Gasteiger partial charge in [-0.1, -0.05) is 0 Å². The molecule has 1 amide bonds. The van der Waals surface area contributed by atoms with Crippen molar-refractivity contribution < 1.29 is 9.53 Å². The van der Waals surface area contributed by atoms with E-state index in [0.29, 0.717) is 6.42 Å². The topological polar surface area (TPSA) is 60.2 Å². The Bertz CT molecular complexity index is 414. The third-order valence-corrected chi connectivity index (χ3v) is 3.99. The quantitative estimate of drug-likeness (QED) is 0.817.